The minimum atomic E-state index is 0.00988. The van der Waals surface area contributed by atoms with E-state index in [1.807, 2.05) is 18.2 Å². The summed E-state index contributed by atoms with van der Waals surface area (Å²) >= 11 is 0. The highest BCUT2D eigenvalue weighted by atomic mass is 16.3. The van der Waals surface area contributed by atoms with Gasteiger partial charge in [-0.05, 0) is 39.1 Å². The van der Waals surface area contributed by atoms with Gasteiger partial charge in [-0.25, -0.2) is 4.98 Å². The van der Waals surface area contributed by atoms with E-state index in [1.54, 1.807) is 0 Å². The van der Waals surface area contributed by atoms with E-state index in [2.05, 4.69) is 28.8 Å². The highest BCUT2D eigenvalue weighted by Gasteiger charge is 2.20. The summed E-state index contributed by atoms with van der Waals surface area (Å²) in [5.41, 5.74) is 0.743. The summed E-state index contributed by atoms with van der Waals surface area (Å²) < 4.78 is 0. The van der Waals surface area contributed by atoms with Gasteiger partial charge in [0.05, 0.1) is 12.3 Å². The lowest BCUT2D eigenvalue weighted by atomic mass is 10.2. The molecule has 1 aromatic rings. The van der Waals surface area contributed by atoms with Crippen LogP contribution in [0.2, 0.25) is 0 Å². The Bertz CT molecular complexity index is 369. The summed E-state index contributed by atoms with van der Waals surface area (Å²) in [6, 6.07) is 6.32. The van der Waals surface area contributed by atoms with Crippen LogP contribution in [0.5, 0.6) is 0 Å². The van der Waals surface area contributed by atoms with Crippen molar-refractivity contribution in [1.82, 2.24) is 9.88 Å². The lowest BCUT2D eigenvalue weighted by Crippen LogP contribution is -2.38. The van der Waals surface area contributed by atoms with Crippen molar-refractivity contribution in [1.29, 1.82) is 0 Å². The first-order valence-corrected chi connectivity index (χ1v) is 6.22. The molecule has 1 atom stereocenters. The van der Waals surface area contributed by atoms with E-state index in [1.165, 1.54) is 0 Å². The molecule has 0 spiro atoms. The minimum absolute atomic E-state index is 0.00988. The largest absolute Gasteiger partial charge is 0.390 e. The van der Waals surface area contributed by atoms with Gasteiger partial charge in [0.2, 0.25) is 0 Å². The molecule has 1 unspecified atom stereocenters. The quantitative estimate of drug-likeness (QED) is 0.833. The molecule has 17 heavy (non-hydrogen) atoms. The number of hydrogen-bond donors (Lipinski definition) is 1. The zero-order chi connectivity index (χ0) is 12.3. The molecule has 1 aromatic heterocycles. The number of aliphatic hydroxyl groups excluding tert-OH is 1. The zero-order valence-electron chi connectivity index (χ0n) is 10.6. The molecule has 0 aliphatic carbocycles. The molecule has 94 valence electrons. The second-order valence-corrected chi connectivity index (χ2v) is 4.80. The van der Waals surface area contributed by atoms with Crippen LogP contribution in [-0.4, -0.2) is 47.7 Å². The molecule has 1 aliphatic rings. The average molecular weight is 235 g/mol. The Balaban J connectivity index is 2.19. The van der Waals surface area contributed by atoms with Gasteiger partial charge in [0.1, 0.15) is 5.82 Å². The number of nitrogens with zero attached hydrogens (tertiary/aromatic N) is 3. The lowest BCUT2D eigenvalue weighted by Gasteiger charge is -2.29. The average Bonchev–Trinajstić information content (AvgIpc) is 2.50. The fourth-order valence-electron chi connectivity index (χ4n) is 2.43. The van der Waals surface area contributed by atoms with Crippen LogP contribution < -0.4 is 4.90 Å². The Morgan fingerprint density at radius 2 is 2.24 bits per heavy atom. The second kappa shape index (κ2) is 5.47. The van der Waals surface area contributed by atoms with Crippen molar-refractivity contribution in [2.75, 3.05) is 31.6 Å². The SMILES string of the molecule is CC1CN(C)CCCN1c1cccc(CO)n1. The molecule has 1 N–H and O–H groups in total. The molecule has 0 radical (unpaired) electrons. The third kappa shape index (κ3) is 2.96. The Kier molecular flexibility index (Phi) is 3.97. The van der Waals surface area contributed by atoms with Crippen molar-refractivity contribution in [3.8, 4) is 0 Å². The maximum absolute atomic E-state index is 9.13. The van der Waals surface area contributed by atoms with Crippen molar-refractivity contribution >= 4 is 5.82 Å². The van der Waals surface area contributed by atoms with Gasteiger partial charge in [-0.3, -0.25) is 0 Å². The summed E-state index contributed by atoms with van der Waals surface area (Å²) in [5.74, 6) is 0.986. The van der Waals surface area contributed by atoms with Gasteiger partial charge in [0.25, 0.3) is 0 Å². The van der Waals surface area contributed by atoms with Crippen molar-refractivity contribution in [3.05, 3.63) is 23.9 Å². The summed E-state index contributed by atoms with van der Waals surface area (Å²) in [5, 5.41) is 9.13. The van der Waals surface area contributed by atoms with E-state index in [4.69, 9.17) is 5.11 Å². The molecule has 1 fully saturated rings. The number of likely N-dealkylation sites (N-methyl/N-ethyl adjacent to an activating group) is 1. The van der Waals surface area contributed by atoms with Gasteiger partial charge < -0.3 is 14.9 Å². The second-order valence-electron chi connectivity index (χ2n) is 4.80. The number of pyridine rings is 1. The van der Waals surface area contributed by atoms with Crippen LogP contribution in [0.4, 0.5) is 5.82 Å². The fourth-order valence-corrected chi connectivity index (χ4v) is 2.43. The third-order valence-corrected chi connectivity index (χ3v) is 3.30. The van der Waals surface area contributed by atoms with Gasteiger partial charge in [0.15, 0.2) is 0 Å². The van der Waals surface area contributed by atoms with Crippen LogP contribution in [0.25, 0.3) is 0 Å². The highest BCUT2D eigenvalue weighted by molar-refractivity contribution is 5.40. The first-order valence-electron chi connectivity index (χ1n) is 6.22. The minimum Gasteiger partial charge on any atom is -0.390 e. The molecule has 0 bridgehead atoms. The Hall–Kier alpha value is -1.13. The van der Waals surface area contributed by atoms with E-state index in [0.29, 0.717) is 6.04 Å². The van der Waals surface area contributed by atoms with Gasteiger partial charge in [-0.15, -0.1) is 0 Å². The number of rotatable bonds is 2. The number of hydrogen-bond acceptors (Lipinski definition) is 4. The molecule has 2 heterocycles. The van der Waals surface area contributed by atoms with E-state index in [-0.39, 0.29) is 6.61 Å². The topological polar surface area (TPSA) is 39.6 Å². The first-order chi connectivity index (χ1) is 8.20. The predicted molar refractivity (Wildman–Crippen MR) is 69.1 cm³/mol. The molecule has 0 amide bonds. The van der Waals surface area contributed by atoms with E-state index >= 15 is 0 Å². The van der Waals surface area contributed by atoms with Crippen molar-refractivity contribution in [2.45, 2.75) is 26.0 Å². The normalized spacial score (nSPS) is 22.5. The molecular weight excluding hydrogens is 214 g/mol. The molecule has 4 heteroatoms. The molecule has 0 saturated carbocycles. The Morgan fingerprint density at radius 1 is 1.41 bits per heavy atom. The fraction of sp³-hybridized carbons (Fsp3) is 0.615. The van der Waals surface area contributed by atoms with Gasteiger partial charge in [0, 0.05) is 19.1 Å². The van der Waals surface area contributed by atoms with Crippen LogP contribution in [0.15, 0.2) is 18.2 Å². The van der Waals surface area contributed by atoms with Crippen LogP contribution in [0, 0.1) is 0 Å². The Morgan fingerprint density at radius 3 is 3.00 bits per heavy atom. The maximum atomic E-state index is 9.13. The van der Waals surface area contributed by atoms with Crippen molar-refractivity contribution in [2.24, 2.45) is 0 Å². The molecular formula is C13H21N3O. The number of aromatic nitrogens is 1. The Labute approximate surface area is 103 Å². The van der Waals surface area contributed by atoms with Gasteiger partial charge in [-0.2, -0.15) is 0 Å². The first kappa shape index (κ1) is 12.3. The van der Waals surface area contributed by atoms with Crippen LogP contribution >= 0.6 is 0 Å². The molecule has 2 rings (SSSR count). The maximum Gasteiger partial charge on any atom is 0.129 e. The summed E-state index contributed by atoms with van der Waals surface area (Å²) in [6.45, 7) is 5.48. The van der Waals surface area contributed by atoms with E-state index < -0.39 is 0 Å². The summed E-state index contributed by atoms with van der Waals surface area (Å²) in [7, 11) is 2.16. The van der Waals surface area contributed by atoms with E-state index in [0.717, 1.165) is 37.6 Å². The third-order valence-electron chi connectivity index (χ3n) is 3.30. The smallest absolute Gasteiger partial charge is 0.129 e. The van der Waals surface area contributed by atoms with Crippen LogP contribution in [0.1, 0.15) is 19.0 Å². The van der Waals surface area contributed by atoms with Crippen LogP contribution in [0.3, 0.4) is 0 Å². The monoisotopic (exact) mass is 235 g/mol. The predicted octanol–water partition coefficient (Wildman–Crippen LogP) is 1.10. The lowest BCUT2D eigenvalue weighted by molar-refractivity contribution is 0.277. The number of aliphatic hydroxyl groups is 1. The van der Waals surface area contributed by atoms with E-state index in [9.17, 15) is 0 Å². The summed E-state index contributed by atoms with van der Waals surface area (Å²) in [4.78, 5) is 9.19. The molecule has 4 nitrogen and oxygen atoms in total. The van der Waals surface area contributed by atoms with Gasteiger partial charge >= 0.3 is 0 Å². The molecule has 0 aromatic carbocycles. The van der Waals surface area contributed by atoms with Crippen molar-refractivity contribution in [3.63, 3.8) is 0 Å². The van der Waals surface area contributed by atoms with Crippen molar-refractivity contribution < 1.29 is 5.11 Å². The van der Waals surface area contributed by atoms with Crippen LogP contribution in [-0.2, 0) is 6.61 Å². The highest BCUT2D eigenvalue weighted by Crippen LogP contribution is 2.18. The molecule has 1 saturated heterocycles. The summed E-state index contributed by atoms with van der Waals surface area (Å²) in [6.07, 6.45) is 1.16. The van der Waals surface area contributed by atoms with Gasteiger partial charge in [-0.1, -0.05) is 6.07 Å². The molecule has 1 aliphatic heterocycles. The zero-order valence-corrected chi connectivity index (χ0v) is 10.6. The number of anilines is 1. The standard InChI is InChI=1S/C13H21N3O/c1-11-9-15(2)7-4-8-16(11)13-6-3-5-12(10-17)14-13/h3,5-6,11,17H,4,7-10H2,1-2H3.